The fraction of sp³-hybridized carbons (Fsp3) is 0.545. The molecule has 2 bridgehead atoms. The van der Waals surface area contributed by atoms with Crippen molar-refractivity contribution in [3.05, 3.63) is 48.3 Å². The number of carbonyl (C=O) groups is 1. The second kappa shape index (κ2) is 6.92. The normalized spacial score (nSPS) is 27.5. The number of amides is 1. The Balaban J connectivity index is 1.56. The molecule has 6 nitrogen and oxygen atoms in total. The lowest BCUT2D eigenvalue weighted by Gasteiger charge is -2.51. The maximum absolute atomic E-state index is 12.8. The van der Waals surface area contributed by atoms with Gasteiger partial charge in [-0.3, -0.25) is 0 Å². The SMILES string of the molecule is CC(C)(C)OC(=O)N1C2CCCC1CC(O)(c1cnn(-c3ccccc3)c1)C2. The van der Waals surface area contributed by atoms with Crippen LogP contribution in [0.4, 0.5) is 4.79 Å². The smallest absolute Gasteiger partial charge is 0.410 e. The molecular formula is C22H29N3O3. The molecule has 2 fully saturated rings. The first-order valence-electron chi connectivity index (χ1n) is 10.1. The Morgan fingerprint density at radius 3 is 2.43 bits per heavy atom. The van der Waals surface area contributed by atoms with E-state index in [4.69, 9.17) is 4.74 Å². The highest BCUT2D eigenvalue weighted by Crippen LogP contribution is 2.44. The lowest BCUT2D eigenvalue weighted by molar-refractivity contribution is -0.0965. The molecule has 2 saturated heterocycles. The number of rotatable bonds is 2. The van der Waals surface area contributed by atoms with E-state index in [2.05, 4.69) is 5.10 Å². The van der Waals surface area contributed by atoms with E-state index >= 15 is 0 Å². The molecule has 28 heavy (non-hydrogen) atoms. The first kappa shape index (κ1) is 19.0. The minimum atomic E-state index is -0.971. The molecule has 150 valence electrons. The zero-order valence-corrected chi connectivity index (χ0v) is 16.8. The van der Waals surface area contributed by atoms with Crippen LogP contribution in [-0.2, 0) is 10.3 Å². The summed E-state index contributed by atoms with van der Waals surface area (Å²) in [5, 5.41) is 16.0. The van der Waals surface area contributed by atoms with Crippen molar-refractivity contribution in [3.8, 4) is 5.69 Å². The van der Waals surface area contributed by atoms with E-state index < -0.39 is 11.2 Å². The molecule has 2 aliphatic rings. The van der Waals surface area contributed by atoms with Gasteiger partial charge in [0.15, 0.2) is 0 Å². The van der Waals surface area contributed by atoms with E-state index in [9.17, 15) is 9.90 Å². The molecule has 0 saturated carbocycles. The van der Waals surface area contributed by atoms with Crippen LogP contribution in [0.1, 0.15) is 58.4 Å². The molecule has 1 N–H and O–H groups in total. The van der Waals surface area contributed by atoms with Gasteiger partial charge in [-0.2, -0.15) is 5.10 Å². The van der Waals surface area contributed by atoms with E-state index in [0.29, 0.717) is 12.8 Å². The van der Waals surface area contributed by atoms with Crippen molar-refractivity contribution < 1.29 is 14.6 Å². The maximum Gasteiger partial charge on any atom is 0.410 e. The molecular weight excluding hydrogens is 354 g/mol. The maximum atomic E-state index is 12.8. The Bertz CT molecular complexity index is 826. The van der Waals surface area contributed by atoms with Crippen LogP contribution in [-0.4, -0.2) is 43.6 Å². The second-order valence-corrected chi connectivity index (χ2v) is 9.08. The molecule has 2 aromatic rings. The minimum Gasteiger partial charge on any atom is -0.444 e. The number of nitrogens with zero attached hydrogens (tertiary/aromatic N) is 3. The van der Waals surface area contributed by atoms with Gasteiger partial charge in [0.05, 0.1) is 17.5 Å². The first-order valence-corrected chi connectivity index (χ1v) is 10.1. The van der Waals surface area contributed by atoms with Gasteiger partial charge in [-0.05, 0) is 52.2 Å². The Morgan fingerprint density at radius 1 is 1.18 bits per heavy atom. The zero-order valence-electron chi connectivity index (χ0n) is 16.8. The van der Waals surface area contributed by atoms with Crippen LogP contribution in [0.25, 0.3) is 5.69 Å². The number of hydrogen-bond donors (Lipinski definition) is 1. The highest BCUT2D eigenvalue weighted by atomic mass is 16.6. The summed E-state index contributed by atoms with van der Waals surface area (Å²) >= 11 is 0. The van der Waals surface area contributed by atoms with Crippen molar-refractivity contribution in [2.45, 2.75) is 76.2 Å². The monoisotopic (exact) mass is 383 g/mol. The fourth-order valence-corrected chi connectivity index (χ4v) is 4.56. The third-order valence-electron chi connectivity index (χ3n) is 5.75. The topological polar surface area (TPSA) is 67.6 Å². The molecule has 1 aromatic heterocycles. The molecule has 0 radical (unpaired) electrons. The molecule has 2 atom stereocenters. The number of benzene rings is 1. The first-order chi connectivity index (χ1) is 13.3. The average molecular weight is 383 g/mol. The van der Waals surface area contributed by atoms with Gasteiger partial charge in [0.1, 0.15) is 5.60 Å². The Labute approximate surface area is 166 Å². The van der Waals surface area contributed by atoms with Crippen LogP contribution in [0.2, 0.25) is 0 Å². The lowest BCUT2D eigenvalue weighted by Crippen LogP contribution is -2.59. The summed E-state index contributed by atoms with van der Waals surface area (Å²) in [7, 11) is 0. The Hall–Kier alpha value is -2.34. The largest absolute Gasteiger partial charge is 0.444 e. The molecule has 2 aliphatic heterocycles. The zero-order chi connectivity index (χ0) is 19.9. The molecule has 4 rings (SSSR count). The number of hydrogen-bond acceptors (Lipinski definition) is 4. The number of ether oxygens (including phenoxy) is 1. The van der Waals surface area contributed by atoms with Gasteiger partial charge in [0.2, 0.25) is 0 Å². The molecule has 6 heteroatoms. The van der Waals surface area contributed by atoms with E-state index in [1.165, 1.54) is 0 Å². The van der Waals surface area contributed by atoms with Crippen molar-refractivity contribution in [2.24, 2.45) is 0 Å². The highest BCUT2D eigenvalue weighted by Gasteiger charge is 2.49. The van der Waals surface area contributed by atoms with E-state index in [1.807, 2.05) is 62.2 Å². The summed E-state index contributed by atoms with van der Waals surface area (Å²) in [6.45, 7) is 5.66. The summed E-state index contributed by atoms with van der Waals surface area (Å²) in [4.78, 5) is 14.6. The fourth-order valence-electron chi connectivity index (χ4n) is 4.56. The van der Waals surface area contributed by atoms with E-state index in [-0.39, 0.29) is 18.2 Å². The number of aliphatic hydroxyl groups is 1. The number of piperidine rings is 2. The van der Waals surface area contributed by atoms with Crippen LogP contribution in [0.5, 0.6) is 0 Å². The van der Waals surface area contributed by atoms with Gasteiger partial charge in [-0.25, -0.2) is 9.48 Å². The van der Waals surface area contributed by atoms with Crippen molar-refractivity contribution in [3.63, 3.8) is 0 Å². The summed E-state index contributed by atoms with van der Waals surface area (Å²) in [5.41, 5.74) is 0.290. The Kier molecular flexibility index (Phi) is 4.70. The number of para-hydroxylation sites is 1. The number of fused-ring (bicyclic) bond motifs is 2. The van der Waals surface area contributed by atoms with Crippen LogP contribution in [0.3, 0.4) is 0 Å². The molecule has 2 unspecified atom stereocenters. The van der Waals surface area contributed by atoms with Crippen LogP contribution in [0.15, 0.2) is 42.7 Å². The quantitative estimate of drug-likeness (QED) is 0.851. The van der Waals surface area contributed by atoms with E-state index in [1.54, 1.807) is 10.9 Å². The third kappa shape index (κ3) is 3.65. The molecule has 0 spiro atoms. The summed E-state index contributed by atoms with van der Waals surface area (Å²) < 4.78 is 7.43. The van der Waals surface area contributed by atoms with Gasteiger partial charge < -0.3 is 14.7 Å². The van der Waals surface area contributed by atoms with E-state index in [0.717, 1.165) is 30.5 Å². The molecule has 1 aromatic carbocycles. The minimum absolute atomic E-state index is 0.00701. The molecule has 3 heterocycles. The number of carbonyl (C=O) groups excluding carboxylic acids is 1. The van der Waals surface area contributed by atoms with Gasteiger partial charge >= 0.3 is 6.09 Å². The third-order valence-corrected chi connectivity index (χ3v) is 5.75. The van der Waals surface area contributed by atoms with Crippen LogP contribution >= 0.6 is 0 Å². The van der Waals surface area contributed by atoms with Crippen LogP contribution in [0, 0.1) is 0 Å². The standard InChI is InChI=1S/C22H29N3O3/c1-21(2,3)28-20(26)25-18-10-7-11-19(25)13-22(27,12-18)16-14-23-24(15-16)17-8-5-4-6-9-17/h4-6,8-9,14-15,18-19,27H,7,10-13H2,1-3H3. The molecule has 1 amide bonds. The predicted octanol–water partition coefficient (Wildman–Crippen LogP) is 4.01. The summed E-state index contributed by atoms with van der Waals surface area (Å²) in [5.74, 6) is 0. The summed E-state index contributed by atoms with van der Waals surface area (Å²) in [6, 6.07) is 9.86. The van der Waals surface area contributed by atoms with Crippen molar-refractivity contribution in [1.82, 2.24) is 14.7 Å². The molecule has 0 aliphatic carbocycles. The average Bonchev–Trinajstić information content (AvgIpc) is 3.11. The van der Waals surface area contributed by atoms with Crippen molar-refractivity contribution in [2.75, 3.05) is 0 Å². The summed E-state index contributed by atoms with van der Waals surface area (Å²) in [6.07, 6.45) is 7.31. The van der Waals surface area contributed by atoms with Gasteiger partial charge in [0.25, 0.3) is 0 Å². The number of aromatic nitrogens is 2. The van der Waals surface area contributed by atoms with Gasteiger partial charge in [-0.1, -0.05) is 18.2 Å². The van der Waals surface area contributed by atoms with Crippen molar-refractivity contribution >= 4 is 6.09 Å². The highest BCUT2D eigenvalue weighted by molar-refractivity contribution is 5.69. The lowest BCUT2D eigenvalue weighted by atomic mass is 9.73. The van der Waals surface area contributed by atoms with Gasteiger partial charge in [-0.15, -0.1) is 0 Å². The van der Waals surface area contributed by atoms with Crippen LogP contribution < -0.4 is 0 Å². The second-order valence-electron chi connectivity index (χ2n) is 9.08. The predicted molar refractivity (Wildman–Crippen MR) is 106 cm³/mol. The Morgan fingerprint density at radius 2 is 1.82 bits per heavy atom. The van der Waals surface area contributed by atoms with Gasteiger partial charge in [0, 0.05) is 36.7 Å². The van der Waals surface area contributed by atoms with Crippen molar-refractivity contribution in [1.29, 1.82) is 0 Å².